The second-order valence-corrected chi connectivity index (χ2v) is 5.80. The summed E-state index contributed by atoms with van der Waals surface area (Å²) in [5.41, 5.74) is 1.57. The van der Waals surface area contributed by atoms with Crippen LogP contribution in [0.4, 0.5) is 0 Å². The van der Waals surface area contributed by atoms with Gasteiger partial charge in [-0.15, -0.1) is 0 Å². The molecular formula is C14H22O. The van der Waals surface area contributed by atoms with Crippen molar-refractivity contribution < 1.29 is 4.79 Å². The fourth-order valence-corrected chi connectivity index (χ4v) is 3.53. The van der Waals surface area contributed by atoms with Crippen LogP contribution in [0.1, 0.15) is 52.9 Å². The first-order valence-electron chi connectivity index (χ1n) is 6.24. The number of carbonyl (C=O) groups excluding carboxylic acids is 1. The minimum Gasteiger partial charge on any atom is -0.295 e. The Kier molecular flexibility index (Phi) is 2.74. The summed E-state index contributed by atoms with van der Waals surface area (Å²) < 4.78 is 0. The Bertz CT molecular complexity index is 302. The first-order chi connectivity index (χ1) is 7.03. The van der Waals surface area contributed by atoms with Crippen molar-refractivity contribution in [3.05, 3.63) is 11.6 Å². The maximum atomic E-state index is 11.4. The molecule has 1 heteroatoms. The number of carbonyl (C=O) groups is 1. The molecule has 3 atom stereocenters. The summed E-state index contributed by atoms with van der Waals surface area (Å²) in [5, 5.41) is 0. The number of allylic oxidation sites excluding steroid dienone is 2. The molecule has 2 aliphatic rings. The van der Waals surface area contributed by atoms with E-state index >= 15 is 0 Å². The summed E-state index contributed by atoms with van der Waals surface area (Å²) in [7, 11) is 0. The molecule has 0 aromatic heterocycles. The number of hydrogen-bond acceptors (Lipinski definition) is 1. The maximum absolute atomic E-state index is 11.4. The number of Topliss-reactive ketones (excluding diaryl/α,β-unsaturated/α-hetero) is 1. The Hall–Kier alpha value is -0.590. The van der Waals surface area contributed by atoms with E-state index in [-0.39, 0.29) is 5.78 Å². The fourth-order valence-electron chi connectivity index (χ4n) is 3.53. The summed E-state index contributed by atoms with van der Waals surface area (Å²) >= 11 is 0. The zero-order chi connectivity index (χ0) is 11.1. The molecule has 1 saturated carbocycles. The third-order valence-corrected chi connectivity index (χ3v) is 4.62. The molecule has 0 radical (unpaired) electrons. The summed E-state index contributed by atoms with van der Waals surface area (Å²) in [6, 6.07) is 0. The van der Waals surface area contributed by atoms with Crippen molar-refractivity contribution in [3.8, 4) is 0 Å². The third kappa shape index (κ3) is 1.89. The van der Waals surface area contributed by atoms with Crippen LogP contribution in [0.3, 0.4) is 0 Å². The highest BCUT2D eigenvalue weighted by Crippen LogP contribution is 2.51. The number of ketones is 1. The number of hydrogen-bond donors (Lipinski definition) is 0. The van der Waals surface area contributed by atoms with Gasteiger partial charge in [0.2, 0.25) is 0 Å². The van der Waals surface area contributed by atoms with Crippen LogP contribution in [0, 0.1) is 17.3 Å². The molecule has 0 aromatic rings. The van der Waals surface area contributed by atoms with Crippen LogP contribution in [0.15, 0.2) is 11.6 Å². The molecule has 1 unspecified atom stereocenters. The van der Waals surface area contributed by atoms with Gasteiger partial charge in [0.15, 0.2) is 5.78 Å². The van der Waals surface area contributed by atoms with Crippen LogP contribution in [0.2, 0.25) is 0 Å². The van der Waals surface area contributed by atoms with Gasteiger partial charge < -0.3 is 0 Å². The second-order valence-electron chi connectivity index (χ2n) is 5.80. The van der Waals surface area contributed by atoms with Crippen molar-refractivity contribution in [1.29, 1.82) is 0 Å². The molecule has 1 nitrogen and oxygen atoms in total. The molecule has 0 aromatic carbocycles. The van der Waals surface area contributed by atoms with E-state index in [1.54, 1.807) is 6.92 Å². The Morgan fingerprint density at radius 3 is 2.87 bits per heavy atom. The van der Waals surface area contributed by atoms with Gasteiger partial charge in [-0.3, -0.25) is 4.79 Å². The van der Waals surface area contributed by atoms with Crippen LogP contribution in [0.5, 0.6) is 0 Å². The van der Waals surface area contributed by atoms with Crippen LogP contribution in [-0.4, -0.2) is 5.78 Å². The molecule has 0 spiro atoms. The molecule has 0 heterocycles. The van der Waals surface area contributed by atoms with E-state index in [9.17, 15) is 4.79 Å². The lowest BCUT2D eigenvalue weighted by molar-refractivity contribution is -0.114. The van der Waals surface area contributed by atoms with Gasteiger partial charge in [-0.1, -0.05) is 32.8 Å². The van der Waals surface area contributed by atoms with E-state index in [0.717, 1.165) is 17.9 Å². The standard InChI is InChI=1S/C14H22O/c1-10-5-4-7-14(3)8-6-12(11(2)15)9-13(10)14/h9-10,13H,4-8H2,1-3H3/t10-,13?,14-/m1/s1. The Labute approximate surface area is 92.9 Å². The molecular weight excluding hydrogens is 184 g/mol. The highest BCUT2D eigenvalue weighted by molar-refractivity contribution is 5.93. The Morgan fingerprint density at radius 2 is 2.20 bits per heavy atom. The first kappa shape index (κ1) is 10.9. The SMILES string of the molecule is CC(=O)C1=CC2[C@H](C)CCC[C@]2(C)CC1. The van der Waals surface area contributed by atoms with Gasteiger partial charge >= 0.3 is 0 Å². The van der Waals surface area contributed by atoms with E-state index in [1.165, 1.54) is 25.7 Å². The van der Waals surface area contributed by atoms with Crippen LogP contribution < -0.4 is 0 Å². The van der Waals surface area contributed by atoms with E-state index in [0.29, 0.717) is 11.3 Å². The quantitative estimate of drug-likeness (QED) is 0.638. The van der Waals surface area contributed by atoms with Gasteiger partial charge in [-0.2, -0.15) is 0 Å². The summed E-state index contributed by atoms with van der Waals surface area (Å²) in [5.74, 6) is 1.70. The van der Waals surface area contributed by atoms with Gasteiger partial charge in [0, 0.05) is 0 Å². The molecule has 0 N–H and O–H groups in total. The van der Waals surface area contributed by atoms with Gasteiger partial charge in [0.05, 0.1) is 0 Å². The topological polar surface area (TPSA) is 17.1 Å². The lowest BCUT2D eigenvalue weighted by Gasteiger charge is -2.47. The monoisotopic (exact) mass is 206 g/mol. The fraction of sp³-hybridized carbons (Fsp3) is 0.786. The van der Waals surface area contributed by atoms with Gasteiger partial charge in [-0.25, -0.2) is 0 Å². The van der Waals surface area contributed by atoms with Crippen molar-refractivity contribution in [3.63, 3.8) is 0 Å². The molecule has 0 saturated heterocycles. The van der Waals surface area contributed by atoms with Crippen molar-refractivity contribution in [1.82, 2.24) is 0 Å². The van der Waals surface area contributed by atoms with Crippen molar-refractivity contribution >= 4 is 5.78 Å². The lowest BCUT2D eigenvalue weighted by atomic mass is 9.58. The zero-order valence-corrected chi connectivity index (χ0v) is 10.2. The molecule has 2 rings (SSSR count). The predicted octanol–water partition coefficient (Wildman–Crippen LogP) is 3.74. The number of fused-ring (bicyclic) bond motifs is 1. The van der Waals surface area contributed by atoms with E-state index in [2.05, 4.69) is 19.9 Å². The van der Waals surface area contributed by atoms with Crippen LogP contribution in [0.25, 0.3) is 0 Å². The van der Waals surface area contributed by atoms with E-state index < -0.39 is 0 Å². The van der Waals surface area contributed by atoms with Crippen molar-refractivity contribution in [2.24, 2.45) is 17.3 Å². The molecule has 15 heavy (non-hydrogen) atoms. The summed E-state index contributed by atoms with van der Waals surface area (Å²) in [6.07, 6.45) is 8.58. The van der Waals surface area contributed by atoms with E-state index in [1.807, 2.05) is 0 Å². The minimum atomic E-state index is 0.287. The molecule has 84 valence electrons. The largest absolute Gasteiger partial charge is 0.295 e. The number of rotatable bonds is 1. The maximum Gasteiger partial charge on any atom is 0.155 e. The second kappa shape index (κ2) is 3.77. The highest BCUT2D eigenvalue weighted by atomic mass is 16.1. The molecule has 0 bridgehead atoms. The van der Waals surface area contributed by atoms with Crippen molar-refractivity contribution in [2.75, 3.05) is 0 Å². The first-order valence-corrected chi connectivity index (χ1v) is 6.24. The van der Waals surface area contributed by atoms with Crippen molar-refractivity contribution in [2.45, 2.75) is 52.9 Å². The average molecular weight is 206 g/mol. The normalized spacial score (nSPS) is 40.6. The molecule has 1 fully saturated rings. The highest BCUT2D eigenvalue weighted by Gasteiger charge is 2.41. The Morgan fingerprint density at radius 1 is 1.47 bits per heavy atom. The van der Waals surface area contributed by atoms with Gasteiger partial charge in [-0.05, 0) is 49.0 Å². The lowest BCUT2D eigenvalue weighted by Crippen LogP contribution is -2.37. The molecule has 2 aliphatic carbocycles. The minimum absolute atomic E-state index is 0.287. The third-order valence-electron chi connectivity index (χ3n) is 4.62. The van der Waals surface area contributed by atoms with Crippen LogP contribution >= 0.6 is 0 Å². The Balaban J connectivity index is 2.28. The zero-order valence-electron chi connectivity index (χ0n) is 10.2. The van der Waals surface area contributed by atoms with Gasteiger partial charge in [0.1, 0.15) is 0 Å². The predicted molar refractivity (Wildman–Crippen MR) is 62.6 cm³/mol. The van der Waals surface area contributed by atoms with E-state index in [4.69, 9.17) is 0 Å². The average Bonchev–Trinajstić information content (AvgIpc) is 2.17. The summed E-state index contributed by atoms with van der Waals surface area (Å²) in [4.78, 5) is 11.4. The molecule has 0 aliphatic heterocycles. The van der Waals surface area contributed by atoms with Crippen LogP contribution in [-0.2, 0) is 4.79 Å². The van der Waals surface area contributed by atoms with Gasteiger partial charge in [0.25, 0.3) is 0 Å². The smallest absolute Gasteiger partial charge is 0.155 e. The molecule has 0 amide bonds. The summed E-state index contributed by atoms with van der Waals surface area (Å²) in [6.45, 7) is 6.48.